The highest BCUT2D eigenvalue weighted by atomic mass is 16.6. The van der Waals surface area contributed by atoms with Crippen molar-refractivity contribution in [3.63, 3.8) is 0 Å². The number of alkyl carbamates (subject to hydrolysis) is 1. The number of aryl methyl sites for hydroxylation is 1. The number of nitrogens with two attached hydrogens (primary N) is 1. The van der Waals surface area contributed by atoms with Gasteiger partial charge in [-0.1, -0.05) is 57.0 Å². The number of nitrogens with zero attached hydrogens (tertiary/aromatic N) is 1. The molecular weight excluding hydrogens is 484 g/mol. The first-order valence-corrected chi connectivity index (χ1v) is 13.6. The van der Waals surface area contributed by atoms with Gasteiger partial charge in [-0.05, 0) is 65.4 Å². The first-order valence-electron chi connectivity index (χ1n) is 13.6. The van der Waals surface area contributed by atoms with Gasteiger partial charge in [0.05, 0.1) is 6.42 Å². The largest absolute Gasteiger partial charge is 0.444 e. The highest BCUT2D eigenvalue weighted by Gasteiger charge is 2.39. The van der Waals surface area contributed by atoms with Gasteiger partial charge in [-0.3, -0.25) is 14.4 Å². The number of nitrogens with one attached hydrogen (secondary N) is 2. The summed E-state index contributed by atoms with van der Waals surface area (Å²) < 4.78 is 5.34. The molecule has 1 aromatic rings. The van der Waals surface area contributed by atoms with Crippen molar-refractivity contribution in [2.24, 2.45) is 11.7 Å². The van der Waals surface area contributed by atoms with Crippen LogP contribution in [0.4, 0.5) is 4.79 Å². The maximum absolute atomic E-state index is 14.2. The molecule has 0 aliphatic heterocycles. The molecule has 9 heteroatoms. The number of hydrogen-bond donors (Lipinski definition) is 3. The molecule has 214 valence electrons. The lowest BCUT2D eigenvalue weighted by atomic mass is 9.96. The van der Waals surface area contributed by atoms with E-state index in [2.05, 4.69) is 24.5 Å². The third-order valence-electron chi connectivity index (χ3n) is 6.03. The first kappa shape index (κ1) is 32.9. The average molecular weight is 533 g/mol. The third kappa shape index (κ3) is 11.5. The van der Waals surface area contributed by atoms with Crippen molar-refractivity contribution in [1.29, 1.82) is 0 Å². The Labute approximate surface area is 228 Å². The van der Waals surface area contributed by atoms with E-state index < -0.39 is 42.0 Å². The summed E-state index contributed by atoms with van der Waals surface area (Å²) in [6, 6.07) is 4.83. The Balaban J connectivity index is 3.57. The highest BCUT2D eigenvalue weighted by Crippen LogP contribution is 2.28. The minimum absolute atomic E-state index is 0.317. The van der Waals surface area contributed by atoms with Crippen LogP contribution in [0.15, 0.2) is 24.3 Å². The average Bonchev–Trinajstić information content (AvgIpc) is 2.79. The Kier molecular flexibility index (Phi) is 13.3. The number of hydrogen-bond acceptors (Lipinski definition) is 5. The molecule has 0 aliphatic carbocycles. The number of carbonyl (C=O) groups is 4. The molecule has 1 rings (SSSR count). The normalized spacial score (nSPS) is 13.8. The van der Waals surface area contributed by atoms with Gasteiger partial charge in [0, 0.05) is 12.6 Å². The molecule has 1 aromatic carbocycles. The van der Waals surface area contributed by atoms with Crippen LogP contribution < -0.4 is 16.4 Å². The highest BCUT2D eigenvalue weighted by molar-refractivity contribution is 5.94. The first-order chi connectivity index (χ1) is 17.7. The molecule has 0 saturated heterocycles. The second-order valence-electron chi connectivity index (χ2n) is 11.4. The summed E-state index contributed by atoms with van der Waals surface area (Å²) in [5.74, 6) is -1.26. The van der Waals surface area contributed by atoms with Gasteiger partial charge in [-0.25, -0.2) is 4.79 Å². The molecule has 0 radical (unpaired) electrons. The Bertz CT molecular complexity index is 924. The summed E-state index contributed by atoms with van der Waals surface area (Å²) in [5.41, 5.74) is 6.32. The van der Waals surface area contributed by atoms with E-state index >= 15 is 0 Å². The molecule has 0 bridgehead atoms. The van der Waals surface area contributed by atoms with Gasteiger partial charge >= 0.3 is 6.09 Å². The molecule has 3 unspecified atom stereocenters. The van der Waals surface area contributed by atoms with E-state index in [0.29, 0.717) is 24.4 Å². The second-order valence-corrected chi connectivity index (χ2v) is 11.4. The summed E-state index contributed by atoms with van der Waals surface area (Å²) in [4.78, 5) is 53.9. The number of carbonyl (C=O) groups excluding carboxylic acids is 4. The van der Waals surface area contributed by atoms with Crippen LogP contribution >= 0.6 is 0 Å². The minimum Gasteiger partial charge on any atom is -0.444 e. The topological polar surface area (TPSA) is 131 Å². The fourth-order valence-electron chi connectivity index (χ4n) is 4.02. The molecular formula is C29H48N4O5. The van der Waals surface area contributed by atoms with Crippen molar-refractivity contribution in [2.45, 2.75) is 111 Å². The maximum atomic E-state index is 14.2. The monoisotopic (exact) mass is 532 g/mol. The quantitative estimate of drug-likeness (QED) is 0.306. The zero-order chi connectivity index (χ0) is 29.0. The number of unbranched alkanes of at least 4 members (excludes halogenated alkanes) is 1. The Morgan fingerprint density at radius 3 is 2.13 bits per heavy atom. The van der Waals surface area contributed by atoms with Crippen molar-refractivity contribution in [3.05, 3.63) is 35.4 Å². The number of ether oxygens (including phenoxy) is 1. The van der Waals surface area contributed by atoms with Gasteiger partial charge in [0.25, 0.3) is 0 Å². The molecule has 4 amide bonds. The summed E-state index contributed by atoms with van der Waals surface area (Å²) in [7, 11) is 0. The molecule has 0 heterocycles. The number of benzene rings is 1. The number of primary amides is 1. The molecule has 4 N–H and O–H groups in total. The Hall–Kier alpha value is -3.10. The van der Waals surface area contributed by atoms with Crippen LogP contribution in [0.5, 0.6) is 0 Å². The third-order valence-corrected chi connectivity index (χ3v) is 6.03. The molecule has 0 saturated carbocycles. The van der Waals surface area contributed by atoms with Crippen molar-refractivity contribution in [3.8, 4) is 0 Å². The Morgan fingerprint density at radius 2 is 1.63 bits per heavy atom. The van der Waals surface area contributed by atoms with Crippen LogP contribution in [0.3, 0.4) is 0 Å². The molecule has 0 fully saturated rings. The van der Waals surface area contributed by atoms with Gasteiger partial charge in [-0.15, -0.1) is 0 Å². The van der Waals surface area contributed by atoms with Crippen molar-refractivity contribution in [2.75, 3.05) is 6.54 Å². The Morgan fingerprint density at radius 1 is 1.03 bits per heavy atom. The van der Waals surface area contributed by atoms with E-state index in [9.17, 15) is 19.2 Å². The lowest BCUT2D eigenvalue weighted by Gasteiger charge is -2.38. The smallest absolute Gasteiger partial charge is 0.408 e. The summed E-state index contributed by atoms with van der Waals surface area (Å²) in [6.45, 7) is 15.6. The molecule has 0 spiro atoms. The minimum atomic E-state index is -1.29. The van der Waals surface area contributed by atoms with Gasteiger partial charge in [0.1, 0.15) is 17.7 Å². The molecule has 38 heavy (non-hydrogen) atoms. The fraction of sp³-hybridized carbons (Fsp3) is 0.655. The van der Waals surface area contributed by atoms with E-state index in [-0.39, 0.29) is 11.9 Å². The van der Waals surface area contributed by atoms with Gasteiger partial charge in [0.2, 0.25) is 17.7 Å². The lowest BCUT2D eigenvalue weighted by molar-refractivity contribution is -0.146. The van der Waals surface area contributed by atoms with Gasteiger partial charge in [0.15, 0.2) is 0 Å². The second kappa shape index (κ2) is 15.3. The van der Waals surface area contributed by atoms with Crippen LogP contribution in [-0.2, 0) is 19.1 Å². The number of rotatable bonds is 14. The summed E-state index contributed by atoms with van der Waals surface area (Å²) >= 11 is 0. The molecule has 0 aromatic heterocycles. The van der Waals surface area contributed by atoms with Crippen LogP contribution in [0.1, 0.15) is 97.7 Å². The van der Waals surface area contributed by atoms with Crippen LogP contribution in [0.2, 0.25) is 0 Å². The van der Waals surface area contributed by atoms with E-state index in [4.69, 9.17) is 10.5 Å². The summed E-state index contributed by atoms with van der Waals surface area (Å²) in [5, 5.41) is 5.49. The maximum Gasteiger partial charge on any atom is 0.408 e. The standard InChI is InChI=1S/C29H48N4O5/c1-9-10-17-31-26(35)25(22-15-12-20(4)13-16-22)33(21(5)14-11-19(2)3)27(36)23(18-24(30)34)32-28(37)38-29(6,7)8/h12-13,15-16,19,21,23,25H,9-11,14,17-18H2,1-8H3,(H2,30,34)(H,31,35)(H,32,37). The lowest BCUT2D eigenvalue weighted by Crippen LogP contribution is -2.56. The van der Waals surface area contributed by atoms with Crippen LogP contribution in [-0.4, -0.2) is 52.9 Å². The zero-order valence-corrected chi connectivity index (χ0v) is 24.4. The molecule has 3 atom stereocenters. The molecule has 0 aliphatic rings. The van der Waals surface area contributed by atoms with E-state index in [1.807, 2.05) is 45.0 Å². The van der Waals surface area contributed by atoms with E-state index in [1.165, 1.54) is 4.90 Å². The van der Waals surface area contributed by atoms with E-state index in [0.717, 1.165) is 24.8 Å². The predicted octanol–water partition coefficient (Wildman–Crippen LogP) is 4.37. The van der Waals surface area contributed by atoms with Crippen molar-refractivity contribution >= 4 is 23.8 Å². The van der Waals surface area contributed by atoms with E-state index in [1.54, 1.807) is 20.8 Å². The SMILES string of the molecule is CCCCNC(=O)C(c1ccc(C)cc1)N(C(=O)C(CC(N)=O)NC(=O)OC(C)(C)C)C(C)CCC(C)C. The molecule has 9 nitrogen and oxygen atoms in total. The van der Waals surface area contributed by atoms with Crippen LogP contribution in [0, 0.1) is 12.8 Å². The summed E-state index contributed by atoms with van der Waals surface area (Å²) in [6.07, 6.45) is 1.89. The number of amides is 4. The van der Waals surface area contributed by atoms with Gasteiger partial charge < -0.3 is 26.0 Å². The van der Waals surface area contributed by atoms with Crippen molar-refractivity contribution < 1.29 is 23.9 Å². The van der Waals surface area contributed by atoms with Crippen molar-refractivity contribution in [1.82, 2.24) is 15.5 Å². The van der Waals surface area contributed by atoms with Gasteiger partial charge in [-0.2, -0.15) is 0 Å². The predicted molar refractivity (Wildman–Crippen MR) is 149 cm³/mol. The fourth-order valence-corrected chi connectivity index (χ4v) is 4.02. The zero-order valence-electron chi connectivity index (χ0n) is 24.4. The van der Waals surface area contributed by atoms with Crippen LogP contribution in [0.25, 0.3) is 0 Å².